The first-order chi connectivity index (χ1) is 11.4. The van der Waals surface area contributed by atoms with Crippen molar-refractivity contribution in [1.82, 2.24) is 10.6 Å². The Morgan fingerprint density at radius 2 is 2.17 bits per heavy atom. The SMILES string of the molecule is CN=C(NCCc1cc(F)ccc1F)NC1C2CCOC2C1(C)C. The third kappa shape index (κ3) is 3.11. The molecule has 6 heteroatoms. The Kier molecular flexibility index (Phi) is 4.76. The highest BCUT2D eigenvalue weighted by Gasteiger charge is 2.59. The third-order valence-corrected chi connectivity index (χ3v) is 5.31. The zero-order valence-corrected chi connectivity index (χ0v) is 14.4. The summed E-state index contributed by atoms with van der Waals surface area (Å²) < 4.78 is 32.6. The number of hydrogen-bond acceptors (Lipinski definition) is 2. The molecule has 1 heterocycles. The van der Waals surface area contributed by atoms with E-state index in [1.807, 2.05) is 0 Å². The van der Waals surface area contributed by atoms with Gasteiger partial charge >= 0.3 is 0 Å². The molecule has 0 radical (unpaired) electrons. The Bertz CT molecular complexity index is 633. The minimum absolute atomic E-state index is 0.0629. The van der Waals surface area contributed by atoms with Gasteiger partial charge in [-0.05, 0) is 36.6 Å². The van der Waals surface area contributed by atoms with Crippen molar-refractivity contribution in [1.29, 1.82) is 0 Å². The fraction of sp³-hybridized carbons (Fsp3) is 0.611. The van der Waals surface area contributed by atoms with Crippen LogP contribution in [0.4, 0.5) is 8.78 Å². The molecule has 3 unspecified atom stereocenters. The lowest BCUT2D eigenvalue weighted by Gasteiger charge is -2.54. The van der Waals surface area contributed by atoms with Crippen LogP contribution in [0.2, 0.25) is 0 Å². The molecule has 0 aromatic heterocycles. The van der Waals surface area contributed by atoms with Crippen molar-refractivity contribution in [3.8, 4) is 0 Å². The van der Waals surface area contributed by atoms with E-state index >= 15 is 0 Å². The number of nitrogens with zero attached hydrogens (tertiary/aromatic N) is 1. The number of fused-ring (bicyclic) bond motifs is 1. The molecule has 24 heavy (non-hydrogen) atoms. The molecule has 1 aromatic carbocycles. The molecule has 0 amide bonds. The minimum atomic E-state index is -0.419. The van der Waals surface area contributed by atoms with Crippen molar-refractivity contribution in [2.24, 2.45) is 16.3 Å². The summed E-state index contributed by atoms with van der Waals surface area (Å²) in [6.45, 7) is 5.71. The fourth-order valence-corrected chi connectivity index (χ4v) is 4.01. The van der Waals surface area contributed by atoms with Crippen molar-refractivity contribution in [2.75, 3.05) is 20.2 Å². The average molecular weight is 337 g/mol. The summed E-state index contributed by atoms with van der Waals surface area (Å²) >= 11 is 0. The maximum Gasteiger partial charge on any atom is 0.191 e. The van der Waals surface area contributed by atoms with Crippen LogP contribution in [0.15, 0.2) is 23.2 Å². The zero-order valence-electron chi connectivity index (χ0n) is 14.4. The summed E-state index contributed by atoms with van der Waals surface area (Å²) in [6, 6.07) is 3.84. The molecule has 0 spiro atoms. The number of rotatable bonds is 4. The van der Waals surface area contributed by atoms with Gasteiger partial charge in [-0.25, -0.2) is 8.78 Å². The molecule has 1 saturated heterocycles. The number of halogens is 2. The highest BCUT2D eigenvalue weighted by Crippen LogP contribution is 2.52. The lowest BCUT2D eigenvalue weighted by Crippen LogP contribution is -2.68. The summed E-state index contributed by atoms with van der Waals surface area (Å²) in [5.41, 5.74) is 0.430. The van der Waals surface area contributed by atoms with Crippen molar-refractivity contribution in [3.63, 3.8) is 0 Å². The van der Waals surface area contributed by atoms with Crippen LogP contribution in [-0.2, 0) is 11.2 Å². The molecular weight excluding hydrogens is 312 g/mol. The number of hydrogen-bond donors (Lipinski definition) is 2. The number of nitrogens with one attached hydrogen (secondary N) is 2. The molecule has 4 nitrogen and oxygen atoms in total. The van der Waals surface area contributed by atoms with E-state index in [0.717, 1.165) is 25.2 Å². The van der Waals surface area contributed by atoms with Gasteiger partial charge in [-0.2, -0.15) is 0 Å². The second kappa shape index (κ2) is 6.67. The van der Waals surface area contributed by atoms with Crippen LogP contribution >= 0.6 is 0 Å². The van der Waals surface area contributed by atoms with Gasteiger partial charge in [0.25, 0.3) is 0 Å². The van der Waals surface area contributed by atoms with Gasteiger partial charge in [-0.1, -0.05) is 13.8 Å². The van der Waals surface area contributed by atoms with E-state index in [2.05, 4.69) is 29.5 Å². The molecule has 2 fully saturated rings. The fourth-order valence-electron chi connectivity index (χ4n) is 4.01. The molecule has 0 bridgehead atoms. The Hall–Kier alpha value is -1.69. The van der Waals surface area contributed by atoms with Gasteiger partial charge in [-0.15, -0.1) is 0 Å². The second-order valence-electron chi connectivity index (χ2n) is 7.17. The van der Waals surface area contributed by atoms with E-state index in [-0.39, 0.29) is 11.2 Å². The number of aliphatic imine (C=N–C) groups is 1. The highest BCUT2D eigenvalue weighted by molar-refractivity contribution is 5.80. The summed E-state index contributed by atoms with van der Waals surface area (Å²) in [4.78, 5) is 4.25. The first-order valence-electron chi connectivity index (χ1n) is 8.46. The van der Waals surface area contributed by atoms with E-state index in [1.165, 1.54) is 6.07 Å². The van der Waals surface area contributed by atoms with E-state index in [0.29, 0.717) is 42.6 Å². The normalized spacial score (nSPS) is 28.2. The number of ether oxygens (including phenoxy) is 1. The van der Waals surface area contributed by atoms with Gasteiger partial charge in [0.1, 0.15) is 11.6 Å². The van der Waals surface area contributed by atoms with Gasteiger partial charge in [0.05, 0.1) is 6.10 Å². The lowest BCUT2D eigenvalue weighted by atomic mass is 9.57. The number of guanidine groups is 1. The Balaban J connectivity index is 1.53. The smallest absolute Gasteiger partial charge is 0.191 e. The maximum atomic E-state index is 13.6. The number of benzene rings is 1. The standard InChI is InChI=1S/C18H25F2N3O/c1-18(2)15(13-7-9-24-16(13)18)23-17(21-3)22-8-6-11-10-12(19)4-5-14(11)20/h4-5,10,13,15-16H,6-9H2,1-3H3,(H2,21,22,23). The topological polar surface area (TPSA) is 45.7 Å². The van der Waals surface area contributed by atoms with Crippen molar-refractivity contribution in [3.05, 3.63) is 35.4 Å². The summed E-state index contributed by atoms with van der Waals surface area (Å²) in [5.74, 6) is 0.402. The van der Waals surface area contributed by atoms with Gasteiger partial charge in [-0.3, -0.25) is 4.99 Å². The molecule has 132 valence electrons. The van der Waals surface area contributed by atoms with Crippen LogP contribution in [0.1, 0.15) is 25.8 Å². The largest absolute Gasteiger partial charge is 0.377 e. The molecular formula is C18H25F2N3O. The molecule has 1 saturated carbocycles. The van der Waals surface area contributed by atoms with Crippen molar-refractivity contribution in [2.45, 2.75) is 38.8 Å². The molecule has 2 aliphatic rings. The summed E-state index contributed by atoms with van der Waals surface area (Å²) in [7, 11) is 1.71. The van der Waals surface area contributed by atoms with E-state index < -0.39 is 5.82 Å². The molecule has 1 aliphatic carbocycles. The first-order valence-corrected chi connectivity index (χ1v) is 8.46. The van der Waals surface area contributed by atoms with Crippen LogP contribution in [0.25, 0.3) is 0 Å². The van der Waals surface area contributed by atoms with Gasteiger partial charge in [0.15, 0.2) is 5.96 Å². The Morgan fingerprint density at radius 3 is 2.92 bits per heavy atom. The minimum Gasteiger partial charge on any atom is -0.377 e. The molecule has 1 aliphatic heterocycles. The Labute approximate surface area is 141 Å². The highest BCUT2D eigenvalue weighted by atomic mass is 19.1. The van der Waals surface area contributed by atoms with Crippen LogP contribution < -0.4 is 10.6 Å². The van der Waals surface area contributed by atoms with Crippen LogP contribution in [0.5, 0.6) is 0 Å². The predicted molar refractivity (Wildman–Crippen MR) is 90.0 cm³/mol. The monoisotopic (exact) mass is 337 g/mol. The van der Waals surface area contributed by atoms with Crippen LogP contribution in [-0.4, -0.2) is 38.3 Å². The molecule has 3 atom stereocenters. The maximum absolute atomic E-state index is 13.6. The van der Waals surface area contributed by atoms with Gasteiger partial charge < -0.3 is 15.4 Å². The van der Waals surface area contributed by atoms with Crippen molar-refractivity contribution >= 4 is 5.96 Å². The van der Waals surface area contributed by atoms with Crippen LogP contribution in [0.3, 0.4) is 0 Å². The molecule has 3 rings (SSSR count). The molecule has 2 N–H and O–H groups in total. The van der Waals surface area contributed by atoms with Gasteiger partial charge in [0, 0.05) is 37.6 Å². The summed E-state index contributed by atoms with van der Waals surface area (Å²) in [5, 5.41) is 6.66. The van der Waals surface area contributed by atoms with Crippen LogP contribution in [0, 0.1) is 23.0 Å². The molecule has 1 aromatic rings. The van der Waals surface area contributed by atoms with E-state index in [1.54, 1.807) is 7.05 Å². The average Bonchev–Trinajstić information content (AvgIpc) is 3.00. The van der Waals surface area contributed by atoms with E-state index in [9.17, 15) is 8.78 Å². The lowest BCUT2D eigenvalue weighted by molar-refractivity contribution is -0.106. The van der Waals surface area contributed by atoms with E-state index in [4.69, 9.17) is 4.74 Å². The summed E-state index contributed by atoms with van der Waals surface area (Å²) in [6.07, 6.45) is 1.78. The first kappa shape index (κ1) is 17.1. The van der Waals surface area contributed by atoms with Crippen molar-refractivity contribution < 1.29 is 13.5 Å². The zero-order chi connectivity index (χ0) is 17.3. The predicted octanol–water partition coefficient (Wildman–Crippen LogP) is 2.49. The third-order valence-electron chi connectivity index (χ3n) is 5.31. The van der Waals surface area contributed by atoms with Gasteiger partial charge in [0.2, 0.25) is 0 Å². The Morgan fingerprint density at radius 1 is 1.38 bits per heavy atom. The second-order valence-corrected chi connectivity index (χ2v) is 7.17. The quantitative estimate of drug-likeness (QED) is 0.655.